The first-order chi connectivity index (χ1) is 17.8. The first-order valence-electron chi connectivity index (χ1n) is 12.0. The van der Waals surface area contributed by atoms with E-state index in [2.05, 4.69) is 21.1 Å². The van der Waals surface area contributed by atoms with Crippen LogP contribution in [0.2, 0.25) is 0 Å². The van der Waals surface area contributed by atoms with Crippen LogP contribution >= 0.6 is 0 Å². The number of likely N-dealkylation sites (N-methyl/N-ethyl adjacent to an activating group) is 1. The number of carbonyl (C=O) groups is 1. The maximum atomic E-state index is 14.3. The van der Waals surface area contributed by atoms with Crippen molar-refractivity contribution in [2.75, 3.05) is 25.9 Å². The van der Waals surface area contributed by atoms with E-state index in [-0.39, 0.29) is 17.3 Å². The molecule has 9 nitrogen and oxygen atoms in total. The molecule has 2 aromatic carbocycles. The molecule has 192 valence electrons. The van der Waals surface area contributed by atoms with E-state index < -0.39 is 12.0 Å². The lowest BCUT2D eigenvalue weighted by Gasteiger charge is -2.24. The standard InChI is InChI=1S/C27H30FN7O2/c1-4-6-7-21(31-3)27(36)35-13-23-24(14-35)33-26(32-23)25(30)17-9-8-16(10-20(17)29)18-12-19(28)22(34-37)11-15(18)5-2/h4,6-12,26,30-33H,5,13-14,29H2,1-3H3/b6-4-,21-7-,30-25?. The molecule has 0 bridgehead atoms. The van der Waals surface area contributed by atoms with Crippen LogP contribution in [0.1, 0.15) is 25.0 Å². The molecule has 0 spiro atoms. The van der Waals surface area contributed by atoms with Gasteiger partial charge in [-0.15, -0.1) is 4.91 Å². The first kappa shape index (κ1) is 25.6. The van der Waals surface area contributed by atoms with Gasteiger partial charge in [0.25, 0.3) is 5.91 Å². The number of nitrogens with zero attached hydrogens (tertiary/aromatic N) is 2. The van der Waals surface area contributed by atoms with E-state index in [9.17, 15) is 14.1 Å². The molecule has 0 radical (unpaired) electrons. The van der Waals surface area contributed by atoms with Gasteiger partial charge in [-0.1, -0.05) is 31.2 Å². The van der Waals surface area contributed by atoms with E-state index in [4.69, 9.17) is 11.1 Å². The Labute approximate surface area is 214 Å². The SMILES string of the molecule is C/C=C\C=C(/NC)C(=O)N1CC2=C(C1)NC(C(=N)c1ccc(-c3cc(F)c(N=O)cc3CC)cc1N)N2. The van der Waals surface area contributed by atoms with Crippen LogP contribution in [0.3, 0.4) is 0 Å². The fourth-order valence-corrected chi connectivity index (χ4v) is 4.56. The second-order valence-electron chi connectivity index (χ2n) is 8.82. The van der Waals surface area contributed by atoms with Crippen LogP contribution in [0.25, 0.3) is 11.1 Å². The minimum atomic E-state index is -0.691. The van der Waals surface area contributed by atoms with Gasteiger partial charge in [0.2, 0.25) is 0 Å². The topological polar surface area (TPSA) is 136 Å². The number of rotatable bonds is 8. The molecule has 4 rings (SSSR count). The van der Waals surface area contributed by atoms with Gasteiger partial charge in [-0.2, -0.15) is 0 Å². The number of nitrogens with two attached hydrogens (primary N) is 1. The van der Waals surface area contributed by atoms with Gasteiger partial charge < -0.3 is 32.0 Å². The summed E-state index contributed by atoms with van der Waals surface area (Å²) in [7, 11) is 1.71. The number of nitroso groups, excluding NO2 is 1. The van der Waals surface area contributed by atoms with Crippen molar-refractivity contribution in [3.63, 3.8) is 0 Å². The summed E-state index contributed by atoms with van der Waals surface area (Å²) in [5.41, 5.74) is 11.6. The Morgan fingerprint density at radius 3 is 2.54 bits per heavy atom. The molecule has 2 heterocycles. The summed E-state index contributed by atoms with van der Waals surface area (Å²) < 4.78 is 14.3. The van der Waals surface area contributed by atoms with E-state index in [0.717, 1.165) is 17.0 Å². The normalized spacial score (nSPS) is 15.6. The first-order valence-corrected chi connectivity index (χ1v) is 12.0. The van der Waals surface area contributed by atoms with Gasteiger partial charge in [-0.25, -0.2) is 4.39 Å². The zero-order chi connectivity index (χ0) is 26.7. The van der Waals surface area contributed by atoms with Gasteiger partial charge in [0.15, 0.2) is 5.82 Å². The van der Waals surface area contributed by atoms with Gasteiger partial charge in [-0.3, -0.25) is 4.79 Å². The zero-order valence-electron chi connectivity index (χ0n) is 21.0. The Bertz CT molecular complexity index is 1340. The number of benzene rings is 2. The van der Waals surface area contributed by atoms with Gasteiger partial charge in [0, 0.05) is 18.3 Å². The number of amides is 1. The Hall–Kier alpha value is -4.47. The van der Waals surface area contributed by atoms with Crippen molar-refractivity contribution < 1.29 is 9.18 Å². The molecule has 6 N–H and O–H groups in total. The van der Waals surface area contributed by atoms with E-state index in [1.165, 1.54) is 12.1 Å². The summed E-state index contributed by atoms with van der Waals surface area (Å²) in [6.07, 6.45) is 5.50. The van der Waals surface area contributed by atoms with Gasteiger partial charge in [0.05, 0.1) is 35.9 Å². The van der Waals surface area contributed by atoms with Crippen molar-refractivity contribution in [2.45, 2.75) is 26.4 Å². The molecule has 0 fully saturated rings. The lowest BCUT2D eigenvalue weighted by atomic mass is 9.94. The summed E-state index contributed by atoms with van der Waals surface area (Å²) in [4.78, 5) is 25.4. The molecule has 0 saturated heterocycles. The van der Waals surface area contributed by atoms with Crippen LogP contribution in [0, 0.1) is 16.1 Å². The average Bonchev–Trinajstić information content (AvgIpc) is 3.48. The van der Waals surface area contributed by atoms with Crippen LogP contribution in [0.4, 0.5) is 15.8 Å². The van der Waals surface area contributed by atoms with E-state index >= 15 is 0 Å². The summed E-state index contributed by atoms with van der Waals surface area (Å²) >= 11 is 0. The molecule has 2 aliphatic heterocycles. The molecule has 0 unspecified atom stereocenters. The van der Waals surface area contributed by atoms with Crippen LogP contribution in [0.5, 0.6) is 0 Å². The second kappa shape index (κ2) is 10.7. The number of allylic oxidation sites excluding steroid dienone is 3. The fraction of sp³-hybridized carbons (Fsp3) is 0.259. The third kappa shape index (κ3) is 4.95. The van der Waals surface area contributed by atoms with Crippen molar-refractivity contribution in [1.82, 2.24) is 20.9 Å². The van der Waals surface area contributed by atoms with Gasteiger partial charge in [0.1, 0.15) is 11.9 Å². The lowest BCUT2D eigenvalue weighted by molar-refractivity contribution is -0.126. The fourth-order valence-electron chi connectivity index (χ4n) is 4.56. The third-order valence-electron chi connectivity index (χ3n) is 6.53. The monoisotopic (exact) mass is 503 g/mol. The average molecular weight is 504 g/mol. The van der Waals surface area contributed by atoms with E-state index in [1.807, 2.05) is 19.9 Å². The Morgan fingerprint density at radius 2 is 1.97 bits per heavy atom. The van der Waals surface area contributed by atoms with Crippen LogP contribution in [0.15, 0.2) is 70.8 Å². The Morgan fingerprint density at radius 1 is 1.27 bits per heavy atom. The smallest absolute Gasteiger partial charge is 0.270 e. The summed E-state index contributed by atoms with van der Waals surface area (Å²) in [6, 6.07) is 7.98. The molecule has 2 aromatic rings. The number of anilines is 1. The number of carbonyl (C=O) groups excluding carboxylic acids is 1. The predicted octanol–water partition coefficient (Wildman–Crippen LogP) is 3.66. The number of hydrogen-bond acceptors (Lipinski definition) is 8. The zero-order valence-corrected chi connectivity index (χ0v) is 21.0. The summed E-state index contributed by atoms with van der Waals surface area (Å²) in [5, 5.41) is 21.0. The van der Waals surface area contributed by atoms with Crippen molar-refractivity contribution in [2.24, 2.45) is 5.18 Å². The number of hydrogen-bond donors (Lipinski definition) is 5. The highest BCUT2D eigenvalue weighted by molar-refractivity contribution is 6.07. The minimum Gasteiger partial charge on any atom is -0.398 e. The Balaban J connectivity index is 1.47. The lowest BCUT2D eigenvalue weighted by Crippen LogP contribution is -2.46. The van der Waals surface area contributed by atoms with Crippen LogP contribution in [-0.2, 0) is 11.2 Å². The van der Waals surface area contributed by atoms with Gasteiger partial charge in [-0.05, 0) is 59.5 Å². The minimum absolute atomic E-state index is 0.107. The van der Waals surface area contributed by atoms with Crippen molar-refractivity contribution >= 4 is 23.0 Å². The molecule has 2 aliphatic rings. The van der Waals surface area contributed by atoms with Crippen molar-refractivity contribution in [3.8, 4) is 11.1 Å². The third-order valence-corrected chi connectivity index (χ3v) is 6.53. The highest BCUT2D eigenvalue weighted by Gasteiger charge is 2.35. The quantitative estimate of drug-likeness (QED) is 0.123. The van der Waals surface area contributed by atoms with Crippen LogP contribution in [-0.4, -0.2) is 42.8 Å². The molecular formula is C27H30FN7O2. The van der Waals surface area contributed by atoms with Crippen LogP contribution < -0.4 is 21.7 Å². The number of nitrogens with one attached hydrogen (secondary N) is 4. The van der Waals surface area contributed by atoms with E-state index in [0.29, 0.717) is 47.6 Å². The number of aryl methyl sites for hydroxylation is 1. The molecule has 37 heavy (non-hydrogen) atoms. The molecule has 0 atom stereocenters. The highest BCUT2D eigenvalue weighted by Crippen LogP contribution is 2.33. The largest absolute Gasteiger partial charge is 0.398 e. The van der Waals surface area contributed by atoms with Gasteiger partial charge >= 0.3 is 0 Å². The van der Waals surface area contributed by atoms with E-state index in [1.54, 1.807) is 42.3 Å². The molecule has 1 amide bonds. The molecule has 0 saturated carbocycles. The van der Waals surface area contributed by atoms with Crippen molar-refractivity contribution in [1.29, 1.82) is 5.41 Å². The number of nitrogen functional groups attached to an aromatic ring is 1. The summed E-state index contributed by atoms with van der Waals surface area (Å²) in [6.45, 7) is 4.61. The summed E-state index contributed by atoms with van der Waals surface area (Å²) in [5.74, 6) is -0.797. The molecule has 0 aliphatic carbocycles. The highest BCUT2D eigenvalue weighted by atomic mass is 19.1. The number of halogens is 1. The maximum Gasteiger partial charge on any atom is 0.270 e. The molecule has 0 aromatic heterocycles. The maximum absolute atomic E-state index is 14.3. The molecular weight excluding hydrogens is 473 g/mol. The Kier molecular flexibility index (Phi) is 7.37. The predicted molar refractivity (Wildman–Crippen MR) is 144 cm³/mol. The molecule has 10 heteroatoms. The second-order valence-corrected chi connectivity index (χ2v) is 8.82. The van der Waals surface area contributed by atoms with Crippen molar-refractivity contribution in [3.05, 3.63) is 87.5 Å².